The molecule has 0 unspecified atom stereocenters. The summed E-state index contributed by atoms with van der Waals surface area (Å²) in [5, 5.41) is 11.7. The highest BCUT2D eigenvalue weighted by molar-refractivity contribution is 7.98. The molecule has 1 aliphatic heterocycles. The van der Waals surface area contributed by atoms with Gasteiger partial charge in [-0.1, -0.05) is 18.9 Å². The number of methoxy groups -OCH3 is 1. The standard InChI is InChI=1S/C21H21FN2O4S/c1-28-17-11-16(24(26)27)13(10-18(17)29-2)20(25)23-12-21(8-3-4-9-21)19-14(22)6-5-7-15(19)23/h5-7,10-11H,3-4,8-9,12H2,1-2H3. The Labute approximate surface area is 172 Å². The molecule has 1 heterocycles. The van der Waals surface area contributed by atoms with Gasteiger partial charge in [0.05, 0.1) is 28.7 Å². The number of benzene rings is 2. The van der Waals surface area contributed by atoms with Crippen LogP contribution in [-0.4, -0.2) is 30.7 Å². The Bertz CT molecular complexity index is 1000. The lowest BCUT2D eigenvalue weighted by atomic mass is 9.80. The Morgan fingerprint density at radius 3 is 2.66 bits per heavy atom. The summed E-state index contributed by atoms with van der Waals surface area (Å²) in [7, 11) is 1.43. The second-order valence-electron chi connectivity index (χ2n) is 7.49. The van der Waals surface area contributed by atoms with Crippen LogP contribution in [0.5, 0.6) is 5.75 Å². The molecule has 1 aliphatic carbocycles. The number of fused-ring (bicyclic) bond motifs is 2. The predicted octanol–water partition coefficient (Wildman–Crippen LogP) is 4.94. The lowest BCUT2D eigenvalue weighted by Gasteiger charge is -2.25. The zero-order valence-electron chi connectivity index (χ0n) is 16.2. The third-order valence-corrected chi connectivity index (χ3v) is 6.77. The van der Waals surface area contributed by atoms with Gasteiger partial charge in [0, 0.05) is 17.5 Å². The van der Waals surface area contributed by atoms with E-state index in [1.54, 1.807) is 12.1 Å². The number of carbonyl (C=O) groups excluding carboxylic acids is 1. The molecule has 4 rings (SSSR count). The predicted molar refractivity (Wildman–Crippen MR) is 110 cm³/mol. The van der Waals surface area contributed by atoms with Crippen LogP contribution in [0.15, 0.2) is 35.2 Å². The van der Waals surface area contributed by atoms with E-state index in [0.717, 1.165) is 25.7 Å². The van der Waals surface area contributed by atoms with Gasteiger partial charge in [0.15, 0.2) is 0 Å². The molecule has 2 aliphatic rings. The van der Waals surface area contributed by atoms with Crippen molar-refractivity contribution < 1.29 is 18.8 Å². The number of thioether (sulfide) groups is 1. The normalized spacial score (nSPS) is 16.9. The molecule has 2 aromatic carbocycles. The second kappa shape index (κ2) is 7.33. The van der Waals surface area contributed by atoms with Crippen LogP contribution in [0.25, 0.3) is 0 Å². The fourth-order valence-corrected chi connectivity index (χ4v) is 5.29. The smallest absolute Gasteiger partial charge is 0.285 e. The maximum Gasteiger partial charge on any atom is 0.285 e. The van der Waals surface area contributed by atoms with E-state index in [4.69, 9.17) is 4.74 Å². The highest BCUT2D eigenvalue weighted by Crippen LogP contribution is 2.52. The summed E-state index contributed by atoms with van der Waals surface area (Å²) in [6, 6.07) is 7.52. The number of rotatable bonds is 4. The minimum Gasteiger partial charge on any atom is -0.495 e. The Morgan fingerprint density at radius 2 is 2.03 bits per heavy atom. The van der Waals surface area contributed by atoms with Gasteiger partial charge < -0.3 is 9.64 Å². The van der Waals surface area contributed by atoms with Gasteiger partial charge in [-0.3, -0.25) is 14.9 Å². The van der Waals surface area contributed by atoms with Gasteiger partial charge in [-0.05, 0) is 37.3 Å². The first-order chi connectivity index (χ1) is 13.9. The number of anilines is 1. The topological polar surface area (TPSA) is 72.7 Å². The van der Waals surface area contributed by atoms with E-state index in [2.05, 4.69) is 0 Å². The van der Waals surface area contributed by atoms with E-state index in [0.29, 0.717) is 28.4 Å². The molecule has 1 fully saturated rings. The average molecular weight is 416 g/mol. The molecule has 6 nitrogen and oxygen atoms in total. The highest BCUT2D eigenvalue weighted by atomic mass is 32.2. The highest BCUT2D eigenvalue weighted by Gasteiger charge is 2.48. The van der Waals surface area contributed by atoms with Crippen LogP contribution in [-0.2, 0) is 5.41 Å². The largest absolute Gasteiger partial charge is 0.495 e. The summed E-state index contributed by atoms with van der Waals surface area (Å²) in [6.45, 7) is 0.347. The summed E-state index contributed by atoms with van der Waals surface area (Å²) in [4.78, 5) is 26.7. The number of hydrogen-bond acceptors (Lipinski definition) is 5. The van der Waals surface area contributed by atoms with Crippen LogP contribution in [0.4, 0.5) is 15.8 Å². The number of halogens is 1. The van der Waals surface area contributed by atoms with E-state index >= 15 is 0 Å². The molecule has 0 radical (unpaired) electrons. The van der Waals surface area contributed by atoms with Crippen LogP contribution in [0.2, 0.25) is 0 Å². The van der Waals surface area contributed by atoms with Crippen molar-refractivity contribution in [1.29, 1.82) is 0 Å². The Morgan fingerprint density at radius 1 is 1.31 bits per heavy atom. The molecule has 29 heavy (non-hydrogen) atoms. The van der Waals surface area contributed by atoms with Crippen molar-refractivity contribution in [2.45, 2.75) is 36.0 Å². The van der Waals surface area contributed by atoms with Crippen molar-refractivity contribution in [3.63, 3.8) is 0 Å². The molecular weight excluding hydrogens is 395 g/mol. The number of hydrogen-bond donors (Lipinski definition) is 0. The van der Waals surface area contributed by atoms with E-state index in [-0.39, 0.29) is 17.1 Å². The van der Waals surface area contributed by atoms with Crippen LogP contribution in [0.1, 0.15) is 41.6 Å². The number of nitro groups is 1. The lowest BCUT2D eigenvalue weighted by Crippen LogP contribution is -2.36. The molecule has 1 saturated carbocycles. The number of carbonyl (C=O) groups is 1. The fourth-order valence-electron chi connectivity index (χ4n) is 4.71. The molecule has 0 saturated heterocycles. The Kier molecular flexibility index (Phi) is 4.98. The maximum absolute atomic E-state index is 14.8. The van der Waals surface area contributed by atoms with Crippen LogP contribution < -0.4 is 9.64 Å². The quantitative estimate of drug-likeness (QED) is 0.401. The van der Waals surface area contributed by atoms with Crippen molar-refractivity contribution in [2.24, 2.45) is 0 Å². The molecule has 1 amide bonds. The summed E-state index contributed by atoms with van der Waals surface area (Å²) in [6.07, 6.45) is 5.40. The van der Waals surface area contributed by atoms with Gasteiger partial charge in [0.2, 0.25) is 0 Å². The van der Waals surface area contributed by atoms with Gasteiger partial charge in [-0.25, -0.2) is 4.39 Å². The van der Waals surface area contributed by atoms with Gasteiger partial charge in [0.1, 0.15) is 17.1 Å². The van der Waals surface area contributed by atoms with E-state index < -0.39 is 16.2 Å². The van der Waals surface area contributed by atoms with Crippen LogP contribution >= 0.6 is 11.8 Å². The molecular formula is C21H21FN2O4S. The molecule has 8 heteroatoms. The van der Waals surface area contributed by atoms with Crippen molar-refractivity contribution in [3.8, 4) is 5.75 Å². The fraction of sp³-hybridized carbons (Fsp3) is 0.381. The number of ether oxygens (including phenoxy) is 1. The van der Waals surface area contributed by atoms with Gasteiger partial charge in [0.25, 0.3) is 11.6 Å². The van der Waals surface area contributed by atoms with E-state index in [1.165, 1.54) is 42.0 Å². The monoisotopic (exact) mass is 416 g/mol. The van der Waals surface area contributed by atoms with Gasteiger partial charge >= 0.3 is 0 Å². The van der Waals surface area contributed by atoms with Gasteiger partial charge in [-0.15, -0.1) is 11.8 Å². The SMILES string of the molecule is COc1cc([N+](=O)[O-])c(C(=O)N2CC3(CCCC3)c3c(F)cccc32)cc1SC. The van der Waals surface area contributed by atoms with E-state index in [1.807, 2.05) is 6.26 Å². The van der Waals surface area contributed by atoms with Crippen molar-refractivity contribution >= 4 is 29.0 Å². The summed E-state index contributed by atoms with van der Waals surface area (Å²) < 4.78 is 20.0. The molecule has 0 aromatic heterocycles. The Hall–Kier alpha value is -2.61. The summed E-state index contributed by atoms with van der Waals surface area (Å²) in [5.74, 6) is -0.445. The van der Waals surface area contributed by atoms with Crippen molar-refractivity contribution in [2.75, 3.05) is 24.8 Å². The minimum absolute atomic E-state index is 0.00888. The zero-order chi connectivity index (χ0) is 20.8. The van der Waals surface area contributed by atoms with Crippen LogP contribution in [0, 0.1) is 15.9 Å². The van der Waals surface area contributed by atoms with Crippen LogP contribution in [0.3, 0.4) is 0 Å². The minimum atomic E-state index is -0.576. The van der Waals surface area contributed by atoms with Crippen molar-refractivity contribution in [3.05, 3.63) is 57.4 Å². The maximum atomic E-state index is 14.8. The van der Waals surface area contributed by atoms with E-state index in [9.17, 15) is 19.3 Å². The summed E-state index contributed by atoms with van der Waals surface area (Å²) >= 11 is 1.34. The molecule has 152 valence electrons. The molecule has 0 bridgehead atoms. The van der Waals surface area contributed by atoms with Gasteiger partial charge in [-0.2, -0.15) is 0 Å². The first kappa shape index (κ1) is 19.7. The lowest BCUT2D eigenvalue weighted by molar-refractivity contribution is -0.385. The molecule has 0 N–H and O–H groups in total. The molecule has 1 spiro atoms. The third kappa shape index (κ3) is 3.06. The third-order valence-electron chi connectivity index (χ3n) is 6.01. The molecule has 2 aromatic rings. The average Bonchev–Trinajstić information content (AvgIpc) is 3.32. The van der Waals surface area contributed by atoms with Crippen molar-refractivity contribution in [1.82, 2.24) is 0 Å². The second-order valence-corrected chi connectivity index (χ2v) is 8.34. The first-order valence-corrected chi connectivity index (χ1v) is 10.7. The number of nitrogens with zero attached hydrogens (tertiary/aromatic N) is 2. The summed E-state index contributed by atoms with van der Waals surface area (Å²) in [5.41, 5.74) is 0.375. The number of amides is 1. The number of nitro benzene ring substituents is 1. The zero-order valence-corrected chi connectivity index (χ0v) is 17.1. The Balaban J connectivity index is 1.84. The molecule has 0 atom stereocenters. The first-order valence-electron chi connectivity index (χ1n) is 9.43.